The summed E-state index contributed by atoms with van der Waals surface area (Å²) in [5.74, 6) is -0.621. The SMILES string of the molecule is O=C(CCC(=O)Nc1ccccc1Cl)NN=Cc1cccc(Br)c1. The highest BCUT2D eigenvalue weighted by atomic mass is 79.9. The van der Waals surface area contributed by atoms with Gasteiger partial charge in [-0.25, -0.2) is 5.43 Å². The number of anilines is 1. The Bertz CT molecular complexity index is 765. The van der Waals surface area contributed by atoms with Gasteiger partial charge in [-0.2, -0.15) is 5.10 Å². The molecule has 0 aliphatic carbocycles. The Morgan fingerprint density at radius 2 is 1.83 bits per heavy atom. The van der Waals surface area contributed by atoms with Crippen LogP contribution in [0, 0.1) is 0 Å². The van der Waals surface area contributed by atoms with E-state index >= 15 is 0 Å². The summed E-state index contributed by atoms with van der Waals surface area (Å²) < 4.78 is 0.925. The molecular formula is C17H15BrClN3O2. The highest BCUT2D eigenvalue weighted by molar-refractivity contribution is 9.10. The molecule has 2 aromatic carbocycles. The van der Waals surface area contributed by atoms with Crippen LogP contribution in [0.2, 0.25) is 5.02 Å². The fourth-order valence-electron chi connectivity index (χ4n) is 1.82. The van der Waals surface area contributed by atoms with E-state index in [1.54, 1.807) is 24.3 Å². The van der Waals surface area contributed by atoms with Crippen molar-refractivity contribution in [3.05, 3.63) is 63.6 Å². The van der Waals surface area contributed by atoms with Crippen LogP contribution in [0.1, 0.15) is 18.4 Å². The van der Waals surface area contributed by atoms with Crippen molar-refractivity contribution in [1.29, 1.82) is 0 Å². The molecule has 0 saturated carbocycles. The van der Waals surface area contributed by atoms with Crippen LogP contribution in [0.25, 0.3) is 0 Å². The molecule has 2 rings (SSSR count). The zero-order chi connectivity index (χ0) is 17.4. The molecule has 124 valence electrons. The van der Waals surface area contributed by atoms with Crippen molar-refractivity contribution in [2.75, 3.05) is 5.32 Å². The minimum Gasteiger partial charge on any atom is -0.325 e. The summed E-state index contributed by atoms with van der Waals surface area (Å²) in [5, 5.41) is 6.97. The molecule has 7 heteroatoms. The topological polar surface area (TPSA) is 70.6 Å². The Morgan fingerprint density at radius 1 is 1.08 bits per heavy atom. The highest BCUT2D eigenvalue weighted by Gasteiger charge is 2.08. The smallest absolute Gasteiger partial charge is 0.240 e. The van der Waals surface area contributed by atoms with Gasteiger partial charge in [0.1, 0.15) is 0 Å². The first-order valence-electron chi connectivity index (χ1n) is 7.16. The monoisotopic (exact) mass is 407 g/mol. The third-order valence-corrected chi connectivity index (χ3v) is 3.80. The Balaban J connectivity index is 1.75. The predicted molar refractivity (Wildman–Crippen MR) is 99.2 cm³/mol. The van der Waals surface area contributed by atoms with Crippen molar-refractivity contribution < 1.29 is 9.59 Å². The lowest BCUT2D eigenvalue weighted by atomic mass is 10.2. The molecular weight excluding hydrogens is 394 g/mol. The average Bonchev–Trinajstić information content (AvgIpc) is 2.55. The molecule has 0 radical (unpaired) electrons. The normalized spacial score (nSPS) is 10.6. The number of amides is 2. The van der Waals surface area contributed by atoms with Gasteiger partial charge in [0.15, 0.2) is 0 Å². The maximum Gasteiger partial charge on any atom is 0.240 e. The molecule has 2 N–H and O–H groups in total. The third kappa shape index (κ3) is 6.14. The number of hydrazone groups is 1. The zero-order valence-corrected chi connectivity index (χ0v) is 15.0. The van der Waals surface area contributed by atoms with Crippen LogP contribution in [0.15, 0.2) is 58.1 Å². The van der Waals surface area contributed by atoms with E-state index in [1.807, 2.05) is 24.3 Å². The molecule has 2 aromatic rings. The number of hydrogen-bond acceptors (Lipinski definition) is 3. The fourth-order valence-corrected chi connectivity index (χ4v) is 2.42. The van der Waals surface area contributed by atoms with E-state index in [2.05, 4.69) is 31.8 Å². The lowest BCUT2D eigenvalue weighted by Gasteiger charge is -2.06. The maximum absolute atomic E-state index is 11.8. The van der Waals surface area contributed by atoms with Crippen LogP contribution >= 0.6 is 27.5 Å². The van der Waals surface area contributed by atoms with E-state index in [9.17, 15) is 9.59 Å². The van der Waals surface area contributed by atoms with Crippen LogP contribution < -0.4 is 10.7 Å². The van der Waals surface area contributed by atoms with E-state index in [-0.39, 0.29) is 24.7 Å². The minimum absolute atomic E-state index is 0.0338. The van der Waals surface area contributed by atoms with Crippen LogP contribution in [-0.4, -0.2) is 18.0 Å². The standard InChI is InChI=1S/C17H15BrClN3O2/c18-13-5-3-4-12(10-13)11-20-22-17(24)9-8-16(23)21-15-7-2-1-6-14(15)19/h1-7,10-11H,8-9H2,(H,21,23)(H,22,24). The van der Waals surface area contributed by atoms with Gasteiger partial charge in [-0.15, -0.1) is 0 Å². The summed E-state index contributed by atoms with van der Waals surface area (Å²) in [6, 6.07) is 14.4. The van der Waals surface area contributed by atoms with Gasteiger partial charge in [0, 0.05) is 17.3 Å². The molecule has 0 aliphatic rings. The Kier molecular flexibility index (Phi) is 6.96. The molecule has 0 unspecified atom stereocenters. The molecule has 0 bridgehead atoms. The van der Waals surface area contributed by atoms with Gasteiger partial charge in [-0.1, -0.05) is 51.8 Å². The Labute approximate surface area is 153 Å². The molecule has 0 fully saturated rings. The van der Waals surface area contributed by atoms with Crippen molar-refractivity contribution in [2.24, 2.45) is 5.10 Å². The van der Waals surface area contributed by atoms with E-state index < -0.39 is 0 Å². The number of benzene rings is 2. The average molecular weight is 409 g/mol. The van der Waals surface area contributed by atoms with Crippen molar-refractivity contribution in [3.63, 3.8) is 0 Å². The summed E-state index contributed by atoms with van der Waals surface area (Å²) >= 11 is 9.31. The zero-order valence-electron chi connectivity index (χ0n) is 12.6. The summed E-state index contributed by atoms with van der Waals surface area (Å²) in [7, 11) is 0. The van der Waals surface area contributed by atoms with Crippen molar-refractivity contribution in [1.82, 2.24) is 5.43 Å². The first-order valence-corrected chi connectivity index (χ1v) is 8.33. The molecule has 2 amide bonds. The predicted octanol–water partition coefficient (Wildman–Crippen LogP) is 3.97. The maximum atomic E-state index is 11.8. The number of carbonyl (C=O) groups excluding carboxylic acids is 2. The Hall–Kier alpha value is -2.18. The molecule has 5 nitrogen and oxygen atoms in total. The highest BCUT2D eigenvalue weighted by Crippen LogP contribution is 2.20. The number of nitrogens with one attached hydrogen (secondary N) is 2. The van der Waals surface area contributed by atoms with Gasteiger partial charge in [0.05, 0.1) is 16.9 Å². The molecule has 0 saturated heterocycles. The molecule has 0 spiro atoms. The summed E-state index contributed by atoms with van der Waals surface area (Å²) in [4.78, 5) is 23.5. The lowest BCUT2D eigenvalue weighted by molar-refractivity contribution is -0.124. The van der Waals surface area contributed by atoms with Gasteiger partial charge in [0.25, 0.3) is 0 Å². The molecule has 0 heterocycles. The van der Waals surface area contributed by atoms with Crippen LogP contribution in [0.4, 0.5) is 5.69 Å². The quantitative estimate of drug-likeness (QED) is 0.561. The number of rotatable bonds is 6. The molecule has 0 aliphatic heterocycles. The first-order chi connectivity index (χ1) is 11.5. The van der Waals surface area contributed by atoms with Crippen LogP contribution in [-0.2, 0) is 9.59 Å². The second-order valence-electron chi connectivity index (χ2n) is 4.88. The number of halogens is 2. The number of hydrogen-bond donors (Lipinski definition) is 2. The van der Waals surface area contributed by atoms with Crippen LogP contribution in [0.5, 0.6) is 0 Å². The van der Waals surface area contributed by atoms with E-state index in [0.717, 1.165) is 10.0 Å². The first kappa shape index (κ1) is 18.2. The van der Waals surface area contributed by atoms with Gasteiger partial charge < -0.3 is 5.32 Å². The lowest BCUT2D eigenvalue weighted by Crippen LogP contribution is -2.20. The molecule has 24 heavy (non-hydrogen) atoms. The second-order valence-corrected chi connectivity index (χ2v) is 6.20. The molecule has 0 aromatic heterocycles. The number of nitrogens with zero attached hydrogens (tertiary/aromatic N) is 1. The van der Waals surface area contributed by atoms with Crippen molar-refractivity contribution in [2.45, 2.75) is 12.8 Å². The van der Waals surface area contributed by atoms with Crippen molar-refractivity contribution in [3.8, 4) is 0 Å². The van der Waals surface area contributed by atoms with Crippen molar-refractivity contribution >= 4 is 51.2 Å². The summed E-state index contributed by atoms with van der Waals surface area (Å²) in [6.45, 7) is 0. The number of para-hydroxylation sites is 1. The van der Waals surface area contributed by atoms with E-state index in [0.29, 0.717) is 10.7 Å². The largest absolute Gasteiger partial charge is 0.325 e. The van der Waals surface area contributed by atoms with Crippen LogP contribution in [0.3, 0.4) is 0 Å². The second kappa shape index (κ2) is 9.20. The third-order valence-electron chi connectivity index (χ3n) is 2.98. The van der Waals surface area contributed by atoms with Gasteiger partial charge in [-0.3, -0.25) is 9.59 Å². The Morgan fingerprint density at radius 3 is 2.58 bits per heavy atom. The molecule has 0 atom stereocenters. The van der Waals surface area contributed by atoms with Gasteiger partial charge in [-0.05, 0) is 29.8 Å². The van der Waals surface area contributed by atoms with E-state index in [4.69, 9.17) is 11.6 Å². The fraction of sp³-hybridized carbons (Fsp3) is 0.118. The van der Waals surface area contributed by atoms with E-state index in [1.165, 1.54) is 6.21 Å². The number of carbonyl (C=O) groups is 2. The van der Waals surface area contributed by atoms with Gasteiger partial charge in [0.2, 0.25) is 11.8 Å². The summed E-state index contributed by atoms with van der Waals surface area (Å²) in [5.41, 5.74) is 3.76. The summed E-state index contributed by atoms with van der Waals surface area (Å²) in [6.07, 6.45) is 1.61. The van der Waals surface area contributed by atoms with Gasteiger partial charge >= 0.3 is 0 Å². The minimum atomic E-state index is -0.337.